The van der Waals surface area contributed by atoms with Gasteiger partial charge in [0.15, 0.2) is 0 Å². The molecule has 1 heterocycles. The third-order valence-electron chi connectivity index (χ3n) is 3.89. The van der Waals surface area contributed by atoms with Crippen LogP contribution in [-0.2, 0) is 5.54 Å². The van der Waals surface area contributed by atoms with Crippen molar-refractivity contribution >= 4 is 11.3 Å². The van der Waals surface area contributed by atoms with Crippen molar-refractivity contribution in [3.8, 4) is 0 Å². The second kappa shape index (κ2) is 6.64. The Hall–Kier alpha value is -1.30. The molecule has 0 aliphatic carbocycles. The number of nitrogens with one attached hydrogen (secondary N) is 1. The standard InChI is InChI=1S/C16H21FN2OS/c1-4-16(3,15-18-7-8-21-15)19-10-14(20)13-6-5-12(17)9-11(13)2/h5-9,14,19-20H,4,10H2,1-3H3. The van der Waals surface area contributed by atoms with Gasteiger partial charge >= 0.3 is 0 Å². The summed E-state index contributed by atoms with van der Waals surface area (Å²) in [5.74, 6) is -0.280. The van der Waals surface area contributed by atoms with Crippen molar-refractivity contribution in [2.75, 3.05) is 6.54 Å². The van der Waals surface area contributed by atoms with Crippen molar-refractivity contribution in [1.82, 2.24) is 10.3 Å². The average molecular weight is 308 g/mol. The molecule has 0 saturated heterocycles. The predicted molar refractivity (Wildman–Crippen MR) is 83.9 cm³/mol. The Morgan fingerprint density at radius 1 is 1.48 bits per heavy atom. The number of hydrogen-bond donors (Lipinski definition) is 2. The third-order valence-corrected chi connectivity index (χ3v) is 4.92. The number of benzene rings is 1. The molecular weight excluding hydrogens is 287 g/mol. The van der Waals surface area contributed by atoms with E-state index in [0.29, 0.717) is 6.54 Å². The molecule has 1 aromatic carbocycles. The summed E-state index contributed by atoms with van der Waals surface area (Å²) in [5, 5.41) is 16.7. The lowest BCUT2D eigenvalue weighted by atomic mass is 9.98. The molecule has 21 heavy (non-hydrogen) atoms. The zero-order valence-corrected chi connectivity index (χ0v) is 13.4. The van der Waals surface area contributed by atoms with E-state index in [4.69, 9.17) is 0 Å². The summed E-state index contributed by atoms with van der Waals surface area (Å²) in [5.41, 5.74) is 1.25. The van der Waals surface area contributed by atoms with E-state index < -0.39 is 6.10 Å². The zero-order valence-electron chi connectivity index (χ0n) is 12.6. The fourth-order valence-corrected chi connectivity index (χ4v) is 3.14. The van der Waals surface area contributed by atoms with E-state index in [-0.39, 0.29) is 11.4 Å². The molecule has 114 valence electrons. The monoisotopic (exact) mass is 308 g/mol. The molecule has 5 heteroatoms. The highest BCUT2D eigenvalue weighted by Gasteiger charge is 2.27. The van der Waals surface area contributed by atoms with Crippen LogP contribution in [0, 0.1) is 12.7 Å². The minimum atomic E-state index is -0.670. The first-order chi connectivity index (χ1) is 9.96. The lowest BCUT2D eigenvalue weighted by Gasteiger charge is -2.29. The van der Waals surface area contributed by atoms with E-state index in [1.54, 1.807) is 23.6 Å². The van der Waals surface area contributed by atoms with Crippen LogP contribution in [0.2, 0.25) is 0 Å². The normalized spacial score (nSPS) is 15.7. The van der Waals surface area contributed by atoms with Gasteiger partial charge < -0.3 is 10.4 Å². The van der Waals surface area contributed by atoms with Gasteiger partial charge in [-0.25, -0.2) is 9.37 Å². The molecule has 0 aliphatic rings. The topological polar surface area (TPSA) is 45.1 Å². The summed E-state index contributed by atoms with van der Waals surface area (Å²) >= 11 is 1.60. The number of halogens is 1. The predicted octanol–water partition coefficient (Wildman–Crippen LogP) is 3.54. The van der Waals surface area contributed by atoms with Crippen LogP contribution < -0.4 is 5.32 Å². The molecule has 0 spiro atoms. The van der Waals surface area contributed by atoms with Gasteiger partial charge in [0.05, 0.1) is 11.6 Å². The van der Waals surface area contributed by atoms with Crippen LogP contribution in [0.3, 0.4) is 0 Å². The van der Waals surface area contributed by atoms with Gasteiger partial charge in [-0.05, 0) is 43.5 Å². The van der Waals surface area contributed by atoms with Crippen LogP contribution in [0.25, 0.3) is 0 Å². The summed E-state index contributed by atoms with van der Waals surface area (Å²) < 4.78 is 13.1. The van der Waals surface area contributed by atoms with Crippen molar-refractivity contribution in [1.29, 1.82) is 0 Å². The van der Waals surface area contributed by atoms with E-state index in [1.807, 2.05) is 12.3 Å². The summed E-state index contributed by atoms with van der Waals surface area (Å²) in [6, 6.07) is 4.47. The first-order valence-electron chi connectivity index (χ1n) is 7.05. The molecule has 0 radical (unpaired) electrons. The highest BCUT2D eigenvalue weighted by atomic mass is 32.1. The van der Waals surface area contributed by atoms with Crippen LogP contribution in [0.5, 0.6) is 0 Å². The number of aliphatic hydroxyl groups excluding tert-OH is 1. The Balaban J connectivity index is 2.07. The first-order valence-corrected chi connectivity index (χ1v) is 7.93. The zero-order chi connectivity index (χ0) is 15.5. The lowest BCUT2D eigenvalue weighted by molar-refractivity contribution is 0.156. The molecule has 0 saturated carbocycles. The first kappa shape index (κ1) is 16.1. The maximum absolute atomic E-state index is 13.1. The minimum absolute atomic E-state index is 0.261. The number of nitrogens with zero attached hydrogens (tertiary/aromatic N) is 1. The summed E-state index contributed by atoms with van der Waals surface area (Å²) in [6.07, 6.45) is 1.99. The van der Waals surface area contributed by atoms with E-state index in [0.717, 1.165) is 22.6 Å². The van der Waals surface area contributed by atoms with Crippen molar-refractivity contribution in [3.63, 3.8) is 0 Å². The Morgan fingerprint density at radius 3 is 2.81 bits per heavy atom. The van der Waals surface area contributed by atoms with E-state index in [9.17, 15) is 9.50 Å². The molecule has 2 aromatic rings. The number of aryl methyl sites for hydroxylation is 1. The van der Waals surface area contributed by atoms with Gasteiger partial charge in [0.1, 0.15) is 10.8 Å². The van der Waals surface area contributed by atoms with Crippen LogP contribution in [-0.4, -0.2) is 16.6 Å². The quantitative estimate of drug-likeness (QED) is 0.858. The largest absolute Gasteiger partial charge is 0.387 e. The second-order valence-corrected chi connectivity index (χ2v) is 6.32. The Kier molecular flexibility index (Phi) is 5.08. The van der Waals surface area contributed by atoms with E-state index in [1.165, 1.54) is 12.1 Å². The van der Waals surface area contributed by atoms with Crippen LogP contribution in [0.1, 0.15) is 42.5 Å². The Labute approximate surface area is 128 Å². The summed E-state index contributed by atoms with van der Waals surface area (Å²) in [6.45, 7) is 6.37. The molecule has 2 N–H and O–H groups in total. The molecule has 2 rings (SSSR count). The molecule has 0 aliphatic heterocycles. The van der Waals surface area contributed by atoms with Gasteiger partial charge in [0, 0.05) is 18.1 Å². The third kappa shape index (κ3) is 3.67. The SMILES string of the molecule is CCC(C)(NCC(O)c1ccc(F)cc1C)c1nccs1. The Bertz CT molecular complexity index is 588. The van der Waals surface area contributed by atoms with Crippen molar-refractivity contribution < 1.29 is 9.50 Å². The molecule has 2 unspecified atom stereocenters. The molecule has 0 bridgehead atoms. The molecule has 0 fully saturated rings. The van der Waals surface area contributed by atoms with Gasteiger partial charge in [0.25, 0.3) is 0 Å². The number of aromatic nitrogens is 1. The van der Waals surface area contributed by atoms with Gasteiger partial charge in [-0.3, -0.25) is 0 Å². The number of aliphatic hydroxyl groups is 1. The molecular formula is C16H21FN2OS. The van der Waals surface area contributed by atoms with Gasteiger partial charge in [-0.2, -0.15) is 0 Å². The fraction of sp³-hybridized carbons (Fsp3) is 0.438. The van der Waals surface area contributed by atoms with Crippen LogP contribution in [0.4, 0.5) is 4.39 Å². The van der Waals surface area contributed by atoms with Gasteiger partial charge in [-0.1, -0.05) is 13.0 Å². The van der Waals surface area contributed by atoms with Gasteiger partial charge in [-0.15, -0.1) is 11.3 Å². The smallest absolute Gasteiger partial charge is 0.123 e. The maximum Gasteiger partial charge on any atom is 0.123 e. The summed E-state index contributed by atoms with van der Waals surface area (Å²) in [4.78, 5) is 4.36. The van der Waals surface area contributed by atoms with E-state index in [2.05, 4.69) is 24.1 Å². The van der Waals surface area contributed by atoms with Crippen LogP contribution >= 0.6 is 11.3 Å². The molecule has 2 atom stereocenters. The van der Waals surface area contributed by atoms with Crippen molar-refractivity contribution in [2.24, 2.45) is 0 Å². The van der Waals surface area contributed by atoms with E-state index >= 15 is 0 Å². The average Bonchev–Trinajstić information content (AvgIpc) is 2.99. The van der Waals surface area contributed by atoms with Gasteiger partial charge in [0.2, 0.25) is 0 Å². The summed E-state index contributed by atoms with van der Waals surface area (Å²) in [7, 11) is 0. The van der Waals surface area contributed by atoms with Crippen molar-refractivity contribution in [2.45, 2.75) is 38.8 Å². The maximum atomic E-state index is 13.1. The number of thiazole rings is 1. The van der Waals surface area contributed by atoms with Crippen LogP contribution in [0.15, 0.2) is 29.8 Å². The molecule has 3 nitrogen and oxygen atoms in total. The highest BCUT2D eigenvalue weighted by molar-refractivity contribution is 7.09. The highest BCUT2D eigenvalue weighted by Crippen LogP contribution is 2.27. The number of hydrogen-bond acceptors (Lipinski definition) is 4. The minimum Gasteiger partial charge on any atom is -0.387 e. The second-order valence-electron chi connectivity index (χ2n) is 5.42. The molecule has 0 amide bonds. The Morgan fingerprint density at radius 2 is 2.24 bits per heavy atom. The molecule has 1 aromatic heterocycles. The number of rotatable bonds is 6. The fourth-order valence-electron chi connectivity index (χ4n) is 2.29. The van der Waals surface area contributed by atoms with Crippen molar-refractivity contribution in [3.05, 3.63) is 51.7 Å². The lowest BCUT2D eigenvalue weighted by Crippen LogP contribution is -2.41.